The second kappa shape index (κ2) is 12.1. The van der Waals surface area contributed by atoms with Crippen molar-refractivity contribution in [3.8, 4) is 0 Å². The quantitative estimate of drug-likeness (QED) is 0.404. The van der Waals surface area contributed by atoms with Crippen molar-refractivity contribution < 1.29 is 35.7 Å². The fourth-order valence-electron chi connectivity index (χ4n) is 2.14. The van der Waals surface area contributed by atoms with Crippen LogP contribution in [0.5, 0.6) is 0 Å². The van der Waals surface area contributed by atoms with Crippen LogP contribution in [0.4, 0.5) is 0 Å². The molecule has 0 saturated heterocycles. The molecule has 4 nitrogen and oxygen atoms in total. The molecule has 0 aliphatic heterocycles. The predicted molar refractivity (Wildman–Crippen MR) is 102 cm³/mol. The number of hydrogen-bond donors (Lipinski definition) is 0. The summed E-state index contributed by atoms with van der Waals surface area (Å²) in [7, 11) is 0. The third kappa shape index (κ3) is 9.76. The number of hydrogen-bond acceptors (Lipinski definition) is 4. The van der Waals surface area contributed by atoms with E-state index in [0.29, 0.717) is 11.1 Å². The first-order valence-electron chi connectivity index (χ1n) is 8.37. The van der Waals surface area contributed by atoms with Crippen molar-refractivity contribution in [3.63, 3.8) is 0 Å². The average molecular weight is 411 g/mol. The molecule has 2 rings (SSSR count). The second-order valence-electron chi connectivity index (χ2n) is 6.34. The van der Waals surface area contributed by atoms with Crippen LogP contribution in [0.25, 0.3) is 0 Å². The van der Waals surface area contributed by atoms with Crippen LogP contribution in [0, 0.1) is 13.8 Å². The number of Topliss-reactive ketones (excluding diaryl/α,β-unsaturated/α-hetero) is 4. The summed E-state index contributed by atoms with van der Waals surface area (Å²) in [5, 5.41) is 0. The summed E-state index contributed by atoms with van der Waals surface area (Å²) in [6.07, 6.45) is 0.00607. The Morgan fingerprint density at radius 2 is 0.852 bits per heavy atom. The molecule has 0 aliphatic rings. The van der Waals surface area contributed by atoms with E-state index in [2.05, 4.69) is 0 Å². The van der Waals surface area contributed by atoms with Gasteiger partial charge in [0.15, 0.2) is 11.6 Å². The van der Waals surface area contributed by atoms with Crippen LogP contribution in [0.3, 0.4) is 0 Å². The van der Waals surface area contributed by atoms with E-state index in [1.165, 1.54) is 13.8 Å². The smallest absolute Gasteiger partial charge is 0.170 e. The minimum absolute atomic E-state index is 0. The molecule has 5 heteroatoms. The Kier molecular flexibility index (Phi) is 11.0. The largest absolute Gasteiger partial charge is 0.300 e. The van der Waals surface area contributed by atoms with E-state index in [4.69, 9.17) is 0 Å². The zero-order chi connectivity index (χ0) is 19.7. The maximum absolute atomic E-state index is 11.3. The first-order chi connectivity index (χ1) is 12.2. The molecule has 0 amide bonds. The van der Waals surface area contributed by atoms with E-state index in [0.717, 1.165) is 11.1 Å². The normalized spacial score (nSPS) is 9.33. The zero-order valence-electron chi connectivity index (χ0n) is 16.0. The van der Waals surface area contributed by atoms with Gasteiger partial charge in [0.25, 0.3) is 0 Å². The maximum Gasteiger partial charge on any atom is 0.170 e. The van der Waals surface area contributed by atoms with Gasteiger partial charge in [-0.25, -0.2) is 0 Å². The van der Waals surface area contributed by atoms with E-state index >= 15 is 0 Å². The number of ketones is 4. The van der Waals surface area contributed by atoms with Crippen LogP contribution < -0.4 is 0 Å². The van der Waals surface area contributed by atoms with E-state index in [1.54, 1.807) is 24.3 Å². The summed E-state index contributed by atoms with van der Waals surface area (Å²) in [5.74, 6) is -0.392. The molecule has 0 atom stereocenters. The van der Waals surface area contributed by atoms with Gasteiger partial charge in [-0.3, -0.25) is 19.2 Å². The minimum Gasteiger partial charge on any atom is -0.300 e. The average Bonchev–Trinajstić information content (AvgIpc) is 2.55. The first-order valence-corrected chi connectivity index (χ1v) is 8.37. The minimum atomic E-state index is -0.104. The third-order valence-electron chi connectivity index (χ3n) is 3.57. The number of benzene rings is 2. The molecule has 0 unspecified atom stereocenters. The van der Waals surface area contributed by atoms with E-state index < -0.39 is 0 Å². The first kappa shape index (κ1) is 24.6. The molecular weight excluding hydrogens is 387 g/mol. The fourth-order valence-corrected chi connectivity index (χ4v) is 2.14. The van der Waals surface area contributed by atoms with Crippen molar-refractivity contribution in [3.05, 3.63) is 70.8 Å². The molecule has 0 radical (unpaired) electrons. The Hall–Kier alpha value is -2.39. The predicted octanol–water partition coefficient (Wildman–Crippen LogP) is 4.31. The van der Waals surface area contributed by atoms with Gasteiger partial charge in [0.05, 0.1) is 12.8 Å². The van der Waals surface area contributed by atoms with Gasteiger partial charge in [-0.05, 0) is 27.7 Å². The van der Waals surface area contributed by atoms with Gasteiger partial charge >= 0.3 is 0 Å². The summed E-state index contributed by atoms with van der Waals surface area (Å²) >= 11 is 0. The van der Waals surface area contributed by atoms with Gasteiger partial charge in [-0.15, -0.1) is 0 Å². The van der Waals surface area contributed by atoms with Crippen molar-refractivity contribution >= 4 is 23.1 Å². The standard InChI is InChI=1S/2C11H12O2.Ni/c2*1-8-3-5-10(6-4-8)11(13)7-9(2)12;/h2*3-6H,7H2,1-2H3;. The fraction of sp³-hybridized carbons (Fsp3) is 0.273. The summed E-state index contributed by atoms with van der Waals surface area (Å²) < 4.78 is 0. The van der Waals surface area contributed by atoms with Crippen LogP contribution in [-0.4, -0.2) is 23.1 Å². The van der Waals surface area contributed by atoms with Gasteiger partial charge in [-0.2, -0.15) is 0 Å². The van der Waals surface area contributed by atoms with Gasteiger partial charge in [0, 0.05) is 27.6 Å². The maximum atomic E-state index is 11.3. The third-order valence-corrected chi connectivity index (χ3v) is 3.57. The topological polar surface area (TPSA) is 68.3 Å². The van der Waals surface area contributed by atoms with Crippen LogP contribution in [-0.2, 0) is 26.1 Å². The van der Waals surface area contributed by atoms with Crippen molar-refractivity contribution in [2.75, 3.05) is 0 Å². The number of rotatable bonds is 6. The summed E-state index contributed by atoms with van der Waals surface area (Å²) in [5.41, 5.74) is 3.44. The van der Waals surface area contributed by atoms with Gasteiger partial charge in [0.1, 0.15) is 11.6 Å². The molecule has 27 heavy (non-hydrogen) atoms. The molecule has 0 N–H and O–H groups in total. The Morgan fingerprint density at radius 3 is 1.07 bits per heavy atom. The Labute approximate surface area is 170 Å². The second-order valence-corrected chi connectivity index (χ2v) is 6.34. The van der Waals surface area contributed by atoms with E-state index in [-0.39, 0.29) is 52.5 Å². The molecular formula is C22H24NiO4. The SMILES string of the molecule is CC(=O)CC(=O)c1ccc(C)cc1.CC(=O)CC(=O)c1ccc(C)cc1.[Ni]. The number of aryl methyl sites for hydroxylation is 2. The molecule has 2 aromatic carbocycles. The van der Waals surface area contributed by atoms with Crippen LogP contribution >= 0.6 is 0 Å². The molecule has 0 aromatic heterocycles. The number of carbonyl (C=O) groups is 4. The van der Waals surface area contributed by atoms with Gasteiger partial charge < -0.3 is 0 Å². The van der Waals surface area contributed by atoms with Crippen molar-refractivity contribution in [2.24, 2.45) is 0 Å². The molecule has 0 spiro atoms. The molecule has 0 heterocycles. The molecule has 0 saturated carbocycles. The van der Waals surface area contributed by atoms with Crippen LogP contribution in [0.2, 0.25) is 0 Å². The molecule has 0 aliphatic carbocycles. The van der Waals surface area contributed by atoms with Crippen LogP contribution in [0.1, 0.15) is 58.5 Å². The van der Waals surface area contributed by atoms with Crippen molar-refractivity contribution in [2.45, 2.75) is 40.5 Å². The van der Waals surface area contributed by atoms with E-state index in [9.17, 15) is 19.2 Å². The molecule has 146 valence electrons. The molecule has 0 bridgehead atoms. The number of carbonyl (C=O) groups excluding carboxylic acids is 4. The summed E-state index contributed by atoms with van der Waals surface area (Å²) in [4.78, 5) is 44.0. The molecule has 2 aromatic rings. The molecule has 0 fully saturated rings. The van der Waals surface area contributed by atoms with E-state index in [1.807, 2.05) is 38.1 Å². The zero-order valence-corrected chi connectivity index (χ0v) is 17.0. The Balaban J connectivity index is 0.000000483. The van der Waals surface area contributed by atoms with Crippen LogP contribution in [0.15, 0.2) is 48.5 Å². The summed E-state index contributed by atoms with van der Waals surface area (Å²) in [6, 6.07) is 14.5. The van der Waals surface area contributed by atoms with Crippen molar-refractivity contribution in [1.29, 1.82) is 0 Å². The Morgan fingerprint density at radius 1 is 0.593 bits per heavy atom. The summed E-state index contributed by atoms with van der Waals surface area (Å²) in [6.45, 7) is 6.76. The van der Waals surface area contributed by atoms with Crippen molar-refractivity contribution in [1.82, 2.24) is 0 Å². The van der Waals surface area contributed by atoms with Gasteiger partial charge in [0.2, 0.25) is 0 Å². The van der Waals surface area contributed by atoms with Gasteiger partial charge in [-0.1, -0.05) is 59.7 Å². The Bertz CT molecular complexity index is 721. The monoisotopic (exact) mass is 410 g/mol.